The van der Waals surface area contributed by atoms with E-state index in [0.29, 0.717) is 16.4 Å². The number of hydrogen-bond acceptors (Lipinski definition) is 4. The Morgan fingerprint density at radius 2 is 1.33 bits per heavy atom. The molecule has 2 fully saturated rings. The van der Waals surface area contributed by atoms with Gasteiger partial charge >= 0.3 is 0 Å². The molecule has 4 nitrogen and oxygen atoms in total. The monoisotopic (exact) mass is 590 g/mol. The van der Waals surface area contributed by atoms with Crippen molar-refractivity contribution >= 4 is 0 Å². The summed E-state index contributed by atoms with van der Waals surface area (Å²) >= 11 is 0. The van der Waals surface area contributed by atoms with Gasteiger partial charge in [0.15, 0.2) is 0 Å². The standard InChI is InChI=1S/C19H31NO.C9H19N.C9H21N.CH4/c1-19(2,3)15-17-10-13-20(14-11-17)12-9-16-5-7-18(21-4)8-6-16;1-9(2,3)10-7-5-4-6-8-10;1-9(2,3)7-6-8-10(4)5;/h5-8,17H,9-15H2,1-4H3;4-8H2,1-3H3;6-8H2,1-5H3;1H4. The maximum absolute atomic E-state index is 5.20. The van der Waals surface area contributed by atoms with Gasteiger partial charge in [0, 0.05) is 12.1 Å². The van der Waals surface area contributed by atoms with Gasteiger partial charge in [-0.3, -0.25) is 4.90 Å². The van der Waals surface area contributed by atoms with Crippen molar-refractivity contribution < 1.29 is 4.74 Å². The first kappa shape index (κ1) is 40.9. The number of nitrogens with zero attached hydrogens (tertiary/aromatic N) is 3. The molecule has 0 aliphatic carbocycles. The second-order valence-corrected chi connectivity index (χ2v) is 16.3. The molecule has 0 radical (unpaired) electrons. The Bertz CT molecular complexity index is 769. The zero-order valence-electron chi connectivity index (χ0n) is 29.7. The Labute approximate surface area is 265 Å². The van der Waals surface area contributed by atoms with E-state index in [1.807, 2.05) is 0 Å². The minimum Gasteiger partial charge on any atom is -0.497 e. The highest BCUT2D eigenvalue weighted by atomic mass is 16.5. The largest absolute Gasteiger partial charge is 0.497 e. The molecular weight excluding hydrogens is 514 g/mol. The number of methoxy groups -OCH3 is 1. The van der Waals surface area contributed by atoms with Gasteiger partial charge in [0.1, 0.15) is 5.75 Å². The second-order valence-electron chi connectivity index (χ2n) is 16.3. The zero-order chi connectivity index (χ0) is 31.1. The van der Waals surface area contributed by atoms with Crippen LogP contribution in [0.4, 0.5) is 0 Å². The number of hydrogen-bond donors (Lipinski definition) is 0. The summed E-state index contributed by atoms with van der Waals surface area (Å²) in [6.45, 7) is 28.5. The molecule has 0 spiro atoms. The Kier molecular flexibility index (Phi) is 19.5. The van der Waals surface area contributed by atoms with Crippen molar-refractivity contribution in [3.8, 4) is 5.75 Å². The van der Waals surface area contributed by atoms with E-state index in [0.717, 1.165) is 18.1 Å². The van der Waals surface area contributed by atoms with Gasteiger partial charge in [-0.1, -0.05) is 67.5 Å². The molecule has 2 aliphatic rings. The van der Waals surface area contributed by atoms with Crippen molar-refractivity contribution in [3.05, 3.63) is 29.8 Å². The minimum atomic E-state index is 0. The Morgan fingerprint density at radius 1 is 0.786 bits per heavy atom. The molecule has 2 saturated heterocycles. The third-order valence-corrected chi connectivity index (χ3v) is 8.32. The van der Waals surface area contributed by atoms with Gasteiger partial charge in [0.2, 0.25) is 0 Å². The number of likely N-dealkylation sites (tertiary alicyclic amines) is 2. The lowest BCUT2D eigenvalue weighted by Crippen LogP contribution is -2.44. The molecule has 1 aromatic rings. The van der Waals surface area contributed by atoms with Gasteiger partial charge in [-0.15, -0.1) is 0 Å². The molecule has 2 aliphatic heterocycles. The fraction of sp³-hybridized carbons (Fsp3) is 0.842. The highest BCUT2D eigenvalue weighted by Crippen LogP contribution is 2.31. The molecule has 248 valence electrons. The van der Waals surface area contributed by atoms with Crippen LogP contribution in [0.3, 0.4) is 0 Å². The molecule has 1 aromatic carbocycles. The number of benzene rings is 1. The molecule has 0 atom stereocenters. The smallest absolute Gasteiger partial charge is 0.118 e. The molecule has 3 rings (SSSR count). The molecule has 0 aromatic heterocycles. The fourth-order valence-electron chi connectivity index (χ4n) is 5.85. The molecule has 0 unspecified atom stereocenters. The van der Waals surface area contributed by atoms with E-state index < -0.39 is 0 Å². The van der Waals surface area contributed by atoms with E-state index in [1.54, 1.807) is 7.11 Å². The lowest BCUT2D eigenvalue weighted by Gasteiger charge is -2.38. The van der Waals surface area contributed by atoms with Gasteiger partial charge in [-0.25, -0.2) is 0 Å². The summed E-state index contributed by atoms with van der Waals surface area (Å²) in [6.07, 6.45) is 12.1. The second kappa shape index (κ2) is 20.0. The van der Waals surface area contributed by atoms with Gasteiger partial charge in [-0.2, -0.15) is 0 Å². The molecular formula is C38H75N3O. The molecule has 0 amide bonds. The van der Waals surface area contributed by atoms with Crippen LogP contribution in [0.25, 0.3) is 0 Å². The van der Waals surface area contributed by atoms with Crippen molar-refractivity contribution in [2.24, 2.45) is 16.7 Å². The first-order valence-electron chi connectivity index (χ1n) is 16.7. The van der Waals surface area contributed by atoms with Crippen molar-refractivity contribution in [2.45, 2.75) is 133 Å². The number of ether oxygens (including phenoxy) is 1. The lowest BCUT2D eigenvalue weighted by atomic mass is 9.80. The van der Waals surface area contributed by atoms with E-state index >= 15 is 0 Å². The van der Waals surface area contributed by atoms with Crippen LogP contribution in [0.2, 0.25) is 0 Å². The summed E-state index contributed by atoms with van der Waals surface area (Å²) in [5.41, 5.74) is 2.81. The van der Waals surface area contributed by atoms with Crippen LogP contribution in [0.15, 0.2) is 24.3 Å². The van der Waals surface area contributed by atoms with Gasteiger partial charge in [-0.05, 0) is 153 Å². The van der Waals surface area contributed by atoms with E-state index in [2.05, 4.69) is 115 Å². The maximum Gasteiger partial charge on any atom is 0.118 e. The Balaban J connectivity index is 0.000000673. The summed E-state index contributed by atoms with van der Waals surface area (Å²) in [4.78, 5) is 7.45. The average molecular weight is 590 g/mol. The van der Waals surface area contributed by atoms with Crippen molar-refractivity contribution in [1.82, 2.24) is 14.7 Å². The molecule has 4 heteroatoms. The number of rotatable bonds is 8. The van der Waals surface area contributed by atoms with Crippen molar-refractivity contribution in [3.63, 3.8) is 0 Å². The lowest BCUT2D eigenvalue weighted by molar-refractivity contribution is 0.111. The van der Waals surface area contributed by atoms with Crippen LogP contribution in [0.1, 0.15) is 127 Å². The number of piperidine rings is 2. The summed E-state index contributed by atoms with van der Waals surface area (Å²) in [5.74, 6) is 1.88. The van der Waals surface area contributed by atoms with Crippen LogP contribution < -0.4 is 4.74 Å². The molecule has 42 heavy (non-hydrogen) atoms. The summed E-state index contributed by atoms with van der Waals surface area (Å²) in [5, 5.41) is 0. The third kappa shape index (κ3) is 20.7. The van der Waals surface area contributed by atoms with E-state index in [-0.39, 0.29) is 7.43 Å². The Hall–Kier alpha value is -1.10. The van der Waals surface area contributed by atoms with Gasteiger partial charge in [0.05, 0.1) is 7.11 Å². The SMILES string of the molecule is C.CC(C)(C)N1CCCCC1.CN(C)CCCC(C)(C)C.COc1ccc(CCN2CCC(CC(C)(C)C)CC2)cc1. The van der Waals surface area contributed by atoms with Crippen LogP contribution in [-0.4, -0.2) is 80.7 Å². The first-order chi connectivity index (χ1) is 19.0. The topological polar surface area (TPSA) is 19.0 Å². The normalized spacial score (nSPS) is 17.5. The third-order valence-electron chi connectivity index (χ3n) is 8.32. The predicted molar refractivity (Wildman–Crippen MR) is 189 cm³/mol. The van der Waals surface area contributed by atoms with Crippen LogP contribution in [-0.2, 0) is 6.42 Å². The van der Waals surface area contributed by atoms with Crippen LogP contribution >= 0.6 is 0 Å². The molecule has 0 bridgehead atoms. The van der Waals surface area contributed by atoms with Crippen LogP contribution in [0, 0.1) is 16.7 Å². The highest BCUT2D eigenvalue weighted by molar-refractivity contribution is 5.27. The van der Waals surface area contributed by atoms with Crippen LogP contribution in [0.5, 0.6) is 5.75 Å². The first-order valence-corrected chi connectivity index (χ1v) is 16.7. The van der Waals surface area contributed by atoms with Gasteiger partial charge in [0.25, 0.3) is 0 Å². The fourth-order valence-corrected chi connectivity index (χ4v) is 5.85. The predicted octanol–water partition coefficient (Wildman–Crippen LogP) is 9.67. The summed E-state index contributed by atoms with van der Waals surface area (Å²) in [6, 6.07) is 8.49. The minimum absolute atomic E-state index is 0. The van der Waals surface area contributed by atoms with Gasteiger partial charge < -0.3 is 14.5 Å². The average Bonchev–Trinajstić information content (AvgIpc) is 2.87. The van der Waals surface area contributed by atoms with E-state index in [9.17, 15) is 0 Å². The molecule has 0 saturated carbocycles. The van der Waals surface area contributed by atoms with E-state index in [4.69, 9.17) is 4.74 Å². The maximum atomic E-state index is 5.20. The van der Waals surface area contributed by atoms with Crippen molar-refractivity contribution in [2.75, 3.05) is 60.5 Å². The summed E-state index contributed by atoms with van der Waals surface area (Å²) < 4.78 is 5.20. The van der Waals surface area contributed by atoms with Crippen molar-refractivity contribution in [1.29, 1.82) is 0 Å². The van der Waals surface area contributed by atoms with E-state index in [1.165, 1.54) is 96.2 Å². The quantitative estimate of drug-likeness (QED) is 0.300. The molecule has 2 heterocycles. The Morgan fingerprint density at radius 3 is 1.74 bits per heavy atom. The molecule has 0 N–H and O–H groups in total. The highest BCUT2D eigenvalue weighted by Gasteiger charge is 2.24. The zero-order valence-corrected chi connectivity index (χ0v) is 29.7. The summed E-state index contributed by atoms with van der Waals surface area (Å²) in [7, 11) is 5.97.